The number of benzene rings is 2. The van der Waals surface area contributed by atoms with Gasteiger partial charge in [0.2, 0.25) is 5.28 Å². The van der Waals surface area contributed by atoms with Crippen molar-refractivity contribution in [1.29, 1.82) is 0 Å². The summed E-state index contributed by atoms with van der Waals surface area (Å²) in [7, 11) is 0. The molecule has 1 fully saturated rings. The number of rotatable bonds is 5. The fourth-order valence-corrected chi connectivity index (χ4v) is 5.07. The number of aromatic nitrogens is 4. The highest BCUT2D eigenvalue weighted by molar-refractivity contribution is 6.28. The van der Waals surface area contributed by atoms with E-state index in [1.54, 1.807) is 6.33 Å². The summed E-state index contributed by atoms with van der Waals surface area (Å²) in [5, 5.41) is 0.160. The first-order valence-electron chi connectivity index (χ1n) is 11.3. The van der Waals surface area contributed by atoms with Gasteiger partial charge in [0.1, 0.15) is 17.2 Å². The fourth-order valence-electron chi connectivity index (χ4n) is 4.91. The number of fused-ring (bicyclic) bond motifs is 1. The largest absolute Gasteiger partial charge is 0.349 e. The van der Waals surface area contributed by atoms with Crippen molar-refractivity contribution in [2.45, 2.75) is 38.4 Å². The standard InChI is InChI=1S/C25H25ClF2N6/c1-3-20-13-33(24-21-23(30-14-29-21)31-25(26)32-24)15(2)12-34(20)22(16-4-8-18(27)9-5-16)17-6-10-19(28)11-7-17/h4-11,14-15,20,22H,3,12-13H2,1-2H3,(H,29,30,31,32)/t15-,20+/m0/s1. The topological polar surface area (TPSA) is 60.9 Å². The Hall–Kier alpha value is -3.10. The van der Waals surface area contributed by atoms with Gasteiger partial charge in [-0.25, -0.2) is 13.8 Å². The second-order valence-electron chi connectivity index (χ2n) is 8.68. The van der Waals surface area contributed by atoms with Crippen molar-refractivity contribution in [1.82, 2.24) is 24.8 Å². The Morgan fingerprint density at radius 2 is 1.62 bits per heavy atom. The van der Waals surface area contributed by atoms with Gasteiger partial charge in [-0.15, -0.1) is 0 Å². The highest BCUT2D eigenvalue weighted by Crippen LogP contribution is 2.36. The van der Waals surface area contributed by atoms with Gasteiger partial charge in [0.05, 0.1) is 12.4 Å². The third-order valence-corrected chi connectivity index (χ3v) is 6.74. The zero-order valence-electron chi connectivity index (χ0n) is 18.9. The molecule has 0 aliphatic carbocycles. The lowest BCUT2D eigenvalue weighted by Crippen LogP contribution is -2.58. The first-order valence-corrected chi connectivity index (χ1v) is 11.7. The third-order valence-electron chi connectivity index (χ3n) is 6.57. The lowest BCUT2D eigenvalue weighted by atomic mass is 9.92. The van der Waals surface area contributed by atoms with E-state index >= 15 is 0 Å². The number of hydrogen-bond acceptors (Lipinski definition) is 5. The van der Waals surface area contributed by atoms with Crippen LogP contribution in [0.3, 0.4) is 0 Å². The Morgan fingerprint density at radius 1 is 1.00 bits per heavy atom. The SMILES string of the molecule is CC[C@@H]1CN(c2nc(Cl)nc3nc[nH]c23)[C@@H](C)CN1C(c1ccc(F)cc1)c1ccc(F)cc1. The molecule has 0 spiro atoms. The minimum Gasteiger partial charge on any atom is -0.349 e. The molecule has 0 saturated carbocycles. The van der Waals surface area contributed by atoms with Gasteiger partial charge in [0.25, 0.3) is 0 Å². The van der Waals surface area contributed by atoms with Crippen LogP contribution in [0, 0.1) is 11.6 Å². The van der Waals surface area contributed by atoms with Crippen LogP contribution in [-0.4, -0.2) is 50.0 Å². The molecule has 3 heterocycles. The Morgan fingerprint density at radius 3 is 2.21 bits per heavy atom. The lowest BCUT2D eigenvalue weighted by molar-refractivity contribution is 0.115. The highest BCUT2D eigenvalue weighted by Gasteiger charge is 2.37. The molecule has 0 amide bonds. The number of piperazine rings is 1. The molecular formula is C25H25ClF2N6. The molecule has 1 aliphatic rings. The minimum absolute atomic E-state index is 0.0867. The zero-order valence-corrected chi connectivity index (χ0v) is 19.7. The monoisotopic (exact) mass is 482 g/mol. The number of imidazole rings is 1. The summed E-state index contributed by atoms with van der Waals surface area (Å²) in [6.07, 6.45) is 2.48. The van der Waals surface area contributed by atoms with Gasteiger partial charge < -0.3 is 9.88 Å². The summed E-state index contributed by atoms with van der Waals surface area (Å²) in [5.74, 6) is 0.172. The van der Waals surface area contributed by atoms with Crippen molar-refractivity contribution in [3.05, 3.63) is 82.9 Å². The predicted molar refractivity (Wildman–Crippen MR) is 129 cm³/mol. The molecule has 0 radical (unpaired) electrons. The van der Waals surface area contributed by atoms with Crippen molar-refractivity contribution < 1.29 is 8.78 Å². The average molecular weight is 483 g/mol. The average Bonchev–Trinajstić information content (AvgIpc) is 3.30. The maximum atomic E-state index is 13.7. The maximum absolute atomic E-state index is 13.7. The summed E-state index contributed by atoms with van der Waals surface area (Å²) in [6.45, 7) is 5.72. The van der Waals surface area contributed by atoms with Crippen LogP contribution in [0.1, 0.15) is 37.4 Å². The second kappa shape index (κ2) is 9.27. The molecule has 176 valence electrons. The van der Waals surface area contributed by atoms with Gasteiger partial charge in [0, 0.05) is 25.2 Å². The summed E-state index contributed by atoms with van der Waals surface area (Å²) in [6, 6.07) is 13.3. The van der Waals surface area contributed by atoms with Crippen molar-refractivity contribution in [2.24, 2.45) is 0 Å². The first-order chi connectivity index (χ1) is 16.4. The molecule has 0 unspecified atom stereocenters. The van der Waals surface area contributed by atoms with E-state index < -0.39 is 0 Å². The van der Waals surface area contributed by atoms with Gasteiger partial charge in [-0.05, 0) is 60.3 Å². The second-order valence-corrected chi connectivity index (χ2v) is 9.02. The Bertz CT molecular complexity index is 1230. The fraction of sp³-hybridized carbons (Fsp3) is 0.320. The summed E-state index contributed by atoms with van der Waals surface area (Å²) in [5.41, 5.74) is 3.22. The van der Waals surface area contributed by atoms with Gasteiger partial charge in [-0.1, -0.05) is 31.2 Å². The number of H-pyrrole nitrogens is 1. The number of hydrogen-bond donors (Lipinski definition) is 1. The van der Waals surface area contributed by atoms with Crippen molar-refractivity contribution in [2.75, 3.05) is 18.0 Å². The van der Waals surface area contributed by atoms with Crippen LogP contribution in [0.15, 0.2) is 54.9 Å². The molecule has 34 heavy (non-hydrogen) atoms. The molecule has 2 aromatic heterocycles. The third kappa shape index (κ3) is 4.23. The summed E-state index contributed by atoms with van der Waals surface area (Å²) < 4.78 is 27.4. The Kier molecular flexibility index (Phi) is 6.18. The van der Waals surface area contributed by atoms with Gasteiger partial charge in [-0.2, -0.15) is 9.97 Å². The highest BCUT2D eigenvalue weighted by atomic mass is 35.5. The van der Waals surface area contributed by atoms with Crippen LogP contribution in [0.2, 0.25) is 5.28 Å². The van der Waals surface area contributed by atoms with Crippen molar-refractivity contribution in [3.8, 4) is 0 Å². The normalized spacial score (nSPS) is 19.3. The maximum Gasteiger partial charge on any atom is 0.226 e. The molecule has 2 aromatic carbocycles. The first kappa shape index (κ1) is 22.7. The molecule has 5 rings (SSSR count). The lowest BCUT2D eigenvalue weighted by Gasteiger charge is -2.49. The van der Waals surface area contributed by atoms with Crippen LogP contribution in [0.5, 0.6) is 0 Å². The quantitative estimate of drug-likeness (QED) is 0.388. The van der Waals surface area contributed by atoms with E-state index in [1.165, 1.54) is 24.3 Å². The molecule has 1 aliphatic heterocycles. The number of nitrogens with one attached hydrogen (secondary N) is 1. The van der Waals surface area contributed by atoms with Crippen LogP contribution in [-0.2, 0) is 0 Å². The van der Waals surface area contributed by atoms with E-state index in [9.17, 15) is 8.78 Å². The van der Waals surface area contributed by atoms with Crippen molar-refractivity contribution in [3.63, 3.8) is 0 Å². The molecule has 4 aromatic rings. The van der Waals surface area contributed by atoms with E-state index in [4.69, 9.17) is 11.6 Å². The van der Waals surface area contributed by atoms with Crippen LogP contribution in [0.25, 0.3) is 11.2 Å². The molecular weight excluding hydrogens is 458 g/mol. The van der Waals surface area contributed by atoms with Gasteiger partial charge in [0.15, 0.2) is 11.5 Å². The smallest absolute Gasteiger partial charge is 0.226 e. The Labute approximate surface area is 201 Å². The van der Waals surface area contributed by atoms with E-state index in [0.29, 0.717) is 12.2 Å². The molecule has 0 bridgehead atoms. The number of halogens is 3. The molecule has 1 N–H and O–H groups in total. The van der Waals surface area contributed by atoms with Crippen LogP contribution in [0.4, 0.5) is 14.6 Å². The van der Waals surface area contributed by atoms with Gasteiger partial charge in [-0.3, -0.25) is 4.90 Å². The molecule has 1 saturated heterocycles. The zero-order chi connectivity index (χ0) is 23.8. The molecule has 9 heteroatoms. The number of aromatic amines is 1. The summed E-state index contributed by atoms with van der Waals surface area (Å²) >= 11 is 6.21. The summed E-state index contributed by atoms with van der Waals surface area (Å²) in [4.78, 5) is 20.8. The minimum atomic E-state index is -0.281. The van der Waals surface area contributed by atoms with Crippen molar-refractivity contribution >= 4 is 28.6 Å². The van der Waals surface area contributed by atoms with E-state index in [0.717, 1.165) is 35.4 Å². The van der Waals surface area contributed by atoms with E-state index in [2.05, 4.69) is 43.6 Å². The number of nitrogens with zero attached hydrogens (tertiary/aromatic N) is 5. The number of anilines is 1. The molecule has 2 atom stereocenters. The Balaban J connectivity index is 1.54. The van der Waals surface area contributed by atoms with Crippen LogP contribution < -0.4 is 4.90 Å². The van der Waals surface area contributed by atoms with Gasteiger partial charge >= 0.3 is 0 Å². The molecule has 6 nitrogen and oxygen atoms in total. The van der Waals surface area contributed by atoms with E-state index in [-0.39, 0.29) is 35.0 Å². The van der Waals surface area contributed by atoms with Crippen LogP contribution >= 0.6 is 11.6 Å². The predicted octanol–water partition coefficient (Wildman–Crippen LogP) is 5.36. The van der Waals surface area contributed by atoms with E-state index in [1.807, 2.05) is 24.3 Å².